The van der Waals surface area contributed by atoms with E-state index < -0.39 is 5.91 Å². The molecule has 128 valence electrons. The number of hydrogen-bond donors (Lipinski definition) is 2. The van der Waals surface area contributed by atoms with E-state index in [1.165, 1.54) is 11.8 Å². The van der Waals surface area contributed by atoms with Crippen molar-refractivity contribution in [3.8, 4) is 11.8 Å². The second-order valence-corrected chi connectivity index (χ2v) is 5.74. The normalized spacial score (nSPS) is 11.1. The van der Waals surface area contributed by atoms with Crippen LogP contribution >= 0.6 is 11.8 Å². The maximum Gasteiger partial charge on any atom is 0.269 e. The van der Waals surface area contributed by atoms with Crippen LogP contribution < -0.4 is 15.4 Å². The molecule has 0 heterocycles. The molecule has 0 atom stereocenters. The molecule has 25 heavy (non-hydrogen) atoms. The number of benzene rings is 2. The first kappa shape index (κ1) is 18.4. The van der Waals surface area contributed by atoms with Gasteiger partial charge >= 0.3 is 0 Å². The second-order valence-electron chi connectivity index (χ2n) is 4.92. The highest BCUT2D eigenvalue weighted by molar-refractivity contribution is 8.02. The SMILES string of the molecule is CCOc1ccc(NC(=O)/C(C#N)=C(\Nc2ccccc2)SC)cc1. The van der Waals surface area contributed by atoms with Gasteiger partial charge in [-0.15, -0.1) is 11.8 Å². The van der Waals surface area contributed by atoms with Crippen molar-refractivity contribution in [1.29, 1.82) is 5.26 Å². The average molecular weight is 353 g/mol. The Morgan fingerprint density at radius 3 is 2.28 bits per heavy atom. The van der Waals surface area contributed by atoms with Gasteiger partial charge in [0.1, 0.15) is 17.4 Å². The fraction of sp³-hybridized carbons (Fsp3) is 0.158. The Bertz CT molecular complexity index is 781. The van der Waals surface area contributed by atoms with Gasteiger partial charge in [0.2, 0.25) is 0 Å². The van der Waals surface area contributed by atoms with E-state index in [0.29, 0.717) is 17.3 Å². The monoisotopic (exact) mass is 353 g/mol. The molecule has 0 aromatic heterocycles. The van der Waals surface area contributed by atoms with Crippen molar-refractivity contribution in [3.05, 3.63) is 65.2 Å². The van der Waals surface area contributed by atoms with Gasteiger partial charge in [0.05, 0.1) is 11.6 Å². The molecular formula is C19H19N3O2S. The van der Waals surface area contributed by atoms with Crippen LogP contribution in [-0.4, -0.2) is 18.8 Å². The lowest BCUT2D eigenvalue weighted by molar-refractivity contribution is -0.112. The molecule has 2 aromatic rings. The van der Waals surface area contributed by atoms with Crippen molar-refractivity contribution in [2.45, 2.75) is 6.92 Å². The molecule has 0 saturated heterocycles. The molecular weight excluding hydrogens is 334 g/mol. The minimum atomic E-state index is -0.459. The highest BCUT2D eigenvalue weighted by Gasteiger charge is 2.16. The first-order chi connectivity index (χ1) is 12.2. The van der Waals surface area contributed by atoms with Crippen LogP contribution in [0, 0.1) is 11.3 Å². The van der Waals surface area contributed by atoms with E-state index in [0.717, 1.165) is 11.4 Å². The van der Waals surface area contributed by atoms with Gasteiger partial charge in [0, 0.05) is 11.4 Å². The molecule has 0 unspecified atom stereocenters. The van der Waals surface area contributed by atoms with E-state index in [9.17, 15) is 10.1 Å². The molecule has 2 rings (SSSR count). The number of hydrogen-bond acceptors (Lipinski definition) is 5. The lowest BCUT2D eigenvalue weighted by Crippen LogP contribution is -2.16. The van der Waals surface area contributed by atoms with E-state index in [1.807, 2.05) is 49.6 Å². The summed E-state index contributed by atoms with van der Waals surface area (Å²) in [5.74, 6) is 0.270. The molecule has 5 nitrogen and oxygen atoms in total. The summed E-state index contributed by atoms with van der Waals surface area (Å²) in [5, 5.41) is 15.8. The summed E-state index contributed by atoms with van der Waals surface area (Å²) in [7, 11) is 0. The van der Waals surface area contributed by atoms with Gasteiger partial charge in [-0.2, -0.15) is 5.26 Å². The van der Waals surface area contributed by atoms with Crippen LogP contribution in [-0.2, 0) is 4.79 Å². The van der Waals surface area contributed by atoms with Crippen molar-refractivity contribution in [2.75, 3.05) is 23.5 Å². The number of nitriles is 1. The number of nitrogens with zero attached hydrogens (tertiary/aromatic N) is 1. The van der Waals surface area contributed by atoms with Gasteiger partial charge in [-0.05, 0) is 49.6 Å². The van der Waals surface area contributed by atoms with Gasteiger partial charge in [-0.25, -0.2) is 0 Å². The zero-order valence-corrected chi connectivity index (χ0v) is 14.9. The number of ether oxygens (including phenoxy) is 1. The summed E-state index contributed by atoms with van der Waals surface area (Å²) >= 11 is 1.31. The summed E-state index contributed by atoms with van der Waals surface area (Å²) < 4.78 is 5.37. The second kappa shape index (κ2) is 9.40. The van der Waals surface area contributed by atoms with E-state index in [4.69, 9.17) is 4.74 Å². The minimum Gasteiger partial charge on any atom is -0.494 e. The number of para-hydroxylation sites is 1. The summed E-state index contributed by atoms with van der Waals surface area (Å²) in [4.78, 5) is 12.5. The maximum atomic E-state index is 12.5. The smallest absolute Gasteiger partial charge is 0.269 e. The molecule has 0 spiro atoms. The third kappa shape index (κ3) is 5.30. The molecule has 0 aliphatic heterocycles. The number of carbonyl (C=O) groups excluding carboxylic acids is 1. The third-order valence-corrected chi connectivity index (χ3v) is 3.94. The largest absolute Gasteiger partial charge is 0.494 e. The van der Waals surface area contributed by atoms with E-state index in [1.54, 1.807) is 24.3 Å². The van der Waals surface area contributed by atoms with Gasteiger partial charge < -0.3 is 15.4 Å². The Morgan fingerprint density at radius 1 is 1.08 bits per heavy atom. The highest BCUT2D eigenvalue weighted by atomic mass is 32.2. The van der Waals surface area contributed by atoms with Gasteiger partial charge in [-0.3, -0.25) is 4.79 Å². The Labute approximate surface area is 151 Å². The summed E-state index contributed by atoms with van der Waals surface area (Å²) in [5.41, 5.74) is 1.44. The van der Waals surface area contributed by atoms with Crippen LogP contribution in [0.2, 0.25) is 0 Å². The summed E-state index contributed by atoms with van der Waals surface area (Å²) in [6.07, 6.45) is 1.81. The zero-order chi connectivity index (χ0) is 18.1. The Hall–Kier alpha value is -2.91. The van der Waals surface area contributed by atoms with Crippen molar-refractivity contribution < 1.29 is 9.53 Å². The quantitative estimate of drug-likeness (QED) is 0.575. The van der Waals surface area contributed by atoms with Gasteiger partial charge in [0.25, 0.3) is 5.91 Å². The Kier molecular flexibility index (Phi) is 6.93. The zero-order valence-electron chi connectivity index (χ0n) is 14.1. The maximum absolute atomic E-state index is 12.5. The van der Waals surface area contributed by atoms with Crippen LogP contribution in [0.1, 0.15) is 6.92 Å². The Balaban J connectivity index is 2.16. The van der Waals surface area contributed by atoms with E-state index in [2.05, 4.69) is 10.6 Å². The molecule has 0 aliphatic rings. The van der Waals surface area contributed by atoms with Crippen molar-refractivity contribution in [3.63, 3.8) is 0 Å². The van der Waals surface area contributed by atoms with Crippen molar-refractivity contribution in [1.82, 2.24) is 0 Å². The Morgan fingerprint density at radius 2 is 1.72 bits per heavy atom. The molecule has 0 bridgehead atoms. The number of rotatable bonds is 7. The molecule has 0 aliphatic carbocycles. The average Bonchev–Trinajstić information content (AvgIpc) is 2.64. The number of carbonyl (C=O) groups is 1. The van der Waals surface area contributed by atoms with Crippen LogP contribution in [0.3, 0.4) is 0 Å². The number of anilines is 2. The lowest BCUT2D eigenvalue weighted by atomic mass is 10.2. The summed E-state index contributed by atoms with van der Waals surface area (Å²) in [6, 6.07) is 18.4. The van der Waals surface area contributed by atoms with E-state index in [-0.39, 0.29) is 5.57 Å². The molecule has 2 N–H and O–H groups in total. The number of amides is 1. The van der Waals surface area contributed by atoms with Crippen molar-refractivity contribution >= 4 is 29.0 Å². The third-order valence-electron chi connectivity index (χ3n) is 3.22. The number of thioether (sulfide) groups is 1. The first-order valence-electron chi connectivity index (χ1n) is 7.72. The predicted octanol–water partition coefficient (Wildman–Crippen LogP) is 4.23. The minimum absolute atomic E-state index is 0.0326. The molecule has 0 radical (unpaired) electrons. The van der Waals surface area contributed by atoms with Crippen LogP contribution in [0.15, 0.2) is 65.2 Å². The predicted molar refractivity (Wildman–Crippen MR) is 102 cm³/mol. The topological polar surface area (TPSA) is 74.1 Å². The van der Waals surface area contributed by atoms with Crippen LogP contribution in [0.4, 0.5) is 11.4 Å². The molecule has 2 aromatic carbocycles. The lowest BCUT2D eigenvalue weighted by Gasteiger charge is -2.12. The van der Waals surface area contributed by atoms with Crippen molar-refractivity contribution in [2.24, 2.45) is 0 Å². The van der Waals surface area contributed by atoms with E-state index >= 15 is 0 Å². The number of nitrogens with one attached hydrogen (secondary N) is 2. The van der Waals surface area contributed by atoms with Gasteiger partial charge in [0.15, 0.2) is 0 Å². The first-order valence-corrected chi connectivity index (χ1v) is 8.95. The fourth-order valence-electron chi connectivity index (χ4n) is 2.07. The van der Waals surface area contributed by atoms with Crippen LogP contribution in [0.5, 0.6) is 5.75 Å². The molecule has 0 saturated carbocycles. The highest BCUT2D eigenvalue weighted by Crippen LogP contribution is 2.22. The fourth-order valence-corrected chi connectivity index (χ4v) is 2.63. The van der Waals surface area contributed by atoms with Crippen LogP contribution in [0.25, 0.3) is 0 Å². The molecule has 1 amide bonds. The summed E-state index contributed by atoms with van der Waals surface area (Å²) in [6.45, 7) is 2.48. The standard InChI is InChI=1S/C19H19N3O2S/c1-3-24-16-11-9-15(10-12-16)21-18(23)17(13-20)19(25-2)22-14-7-5-4-6-8-14/h4-12,22H,3H2,1-2H3,(H,21,23)/b19-17+. The van der Waals surface area contributed by atoms with Gasteiger partial charge in [-0.1, -0.05) is 18.2 Å². The molecule has 0 fully saturated rings. The molecule has 6 heteroatoms.